The molecule has 0 saturated heterocycles. The molecule has 1 aliphatic rings. The predicted octanol–water partition coefficient (Wildman–Crippen LogP) is 4.62. The van der Waals surface area contributed by atoms with Crippen molar-refractivity contribution >= 4 is 28.8 Å². The summed E-state index contributed by atoms with van der Waals surface area (Å²) in [5.74, 6) is -3.41. The first-order valence-corrected chi connectivity index (χ1v) is 7.45. The topological polar surface area (TPSA) is 76.2 Å². The first-order chi connectivity index (χ1) is 11.5. The van der Waals surface area contributed by atoms with E-state index in [-0.39, 0.29) is 12.0 Å². The van der Waals surface area contributed by atoms with Crippen molar-refractivity contribution in [3.8, 4) is 0 Å². The third-order valence-corrected chi connectivity index (χ3v) is 4.06. The molecule has 0 bridgehead atoms. The van der Waals surface area contributed by atoms with E-state index in [0.717, 1.165) is 12.2 Å². The Labute approximate surface area is 145 Å². The zero-order valence-electron chi connectivity index (χ0n) is 12.9. The monoisotopic (exact) mass is 376 g/mol. The second kappa shape index (κ2) is 6.87. The van der Waals surface area contributed by atoms with Gasteiger partial charge in [0.05, 0.1) is 10.7 Å². The van der Waals surface area contributed by atoms with Crippen LogP contribution in [0.15, 0.2) is 29.9 Å². The number of nitrogens with zero attached hydrogens (tertiary/aromatic N) is 1. The standard InChI is InChI=1S/C16H13ClF4N2O2/c1-7-3-2-4-8(5-6-9(7)16(19,20)21)13-11(18)12(22)10(17)14(23-13)15(24)25/h2,4-7H,3H2,1H3,(H2,22,23)(H,24,25). The largest absolute Gasteiger partial charge is 0.476 e. The van der Waals surface area contributed by atoms with Gasteiger partial charge in [-0.1, -0.05) is 42.8 Å². The number of aromatic nitrogens is 1. The molecule has 4 nitrogen and oxygen atoms in total. The van der Waals surface area contributed by atoms with E-state index in [1.807, 2.05) is 0 Å². The molecular weight excluding hydrogens is 364 g/mol. The zero-order chi connectivity index (χ0) is 18.9. The zero-order valence-corrected chi connectivity index (χ0v) is 13.6. The van der Waals surface area contributed by atoms with Crippen LogP contribution in [0.2, 0.25) is 5.02 Å². The summed E-state index contributed by atoms with van der Waals surface area (Å²) in [5.41, 5.74) is 2.84. The van der Waals surface area contributed by atoms with Crippen molar-refractivity contribution in [2.75, 3.05) is 5.73 Å². The number of pyridine rings is 1. The Morgan fingerprint density at radius 3 is 2.60 bits per heavy atom. The van der Waals surface area contributed by atoms with E-state index in [1.54, 1.807) is 0 Å². The third-order valence-electron chi connectivity index (χ3n) is 3.68. The van der Waals surface area contributed by atoms with Crippen LogP contribution in [0.4, 0.5) is 23.2 Å². The Bertz CT molecular complexity index is 813. The summed E-state index contributed by atoms with van der Waals surface area (Å²) in [4.78, 5) is 14.8. The average molecular weight is 377 g/mol. The molecule has 1 heterocycles. The van der Waals surface area contributed by atoms with Crippen LogP contribution < -0.4 is 5.73 Å². The fourth-order valence-corrected chi connectivity index (χ4v) is 2.56. The molecule has 3 N–H and O–H groups in total. The molecule has 1 unspecified atom stereocenters. The quantitative estimate of drug-likeness (QED) is 0.738. The van der Waals surface area contributed by atoms with Crippen LogP contribution in [0, 0.1) is 11.7 Å². The van der Waals surface area contributed by atoms with E-state index in [4.69, 9.17) is 22.4 Å². The maximum Gasteiger partial charge on any atom is 0.412 e. The number of aromatic carboxylic acids is 1. The number of allylic oxidation sites excluding steroid dienone is 6. The number of carbonyl (C=O) groups is 1. The number of nitrogens with two attached hydrogens (primary N) is 1. The number of hydrogen-bond donors (Lipinski definition) is 2. The van der Waals surface area contributed by atoms with Crippen molar-refractivity contribution in [1.82, 2.24) is 4.98 Å². The molecule has 0 aromatic carbocycles. The molecule has 0 radical (unpaired) electrons. The highest BCUT2D eigenvalue weighted by atomic mass is 35.5. The molecular formula is C16H13ClF4N2O2. The number of rotatable bonds is 2. The number of anilines is 1. The van der Waals surface area contributed by atoms with E-state index < -0.39 is 51.6 Å². The number of carboxylic acids is 1. The lowest BCUT2D eigenvalue weighted by atomic mass is 9.93. The van der Waals surface area contributed by atoms with Gasteiger partial charge in [-0.2, -0.15) is 13.2 Å². The van der Waals surface area contributed by atoms with Crippen molar-refractivity contribution < 1.29 is 27.5 Å². The molecule has 25 heavy (non-hydrogen) atoms. The summed E-state index contributed by atoms with van der Waals surface area (Å²) >= 11 is 5.66. The van der Waals surface area contributed by atoms with E-state index in [9.17, 15) is 22.4 Å². The highest BCUT2D eigenvalue weighted by molar-refractivity contribution is 6.35. The fraction of sp³-hybridized carbons (Fsp3) is 0.250. The smallest absolute Gasteiger partial charge is 0.412 e. The lowest BCUT2D eigenvalue weighted by Crippen LogP contribution is -2.18. The van der Waals surface area contributed by atoms with Gasteiger partial charge >= 0.3 is 12.1 Å². The number of halogens is 5. The molecule has 2 rings (SSSR count). The van der Waals surface area contributed by atoms with Crippen LogP contribution in [-0.4, -0.2) is 22.2 Å². The molecule has 0 aliphatic heterocycles. The van der Waals surface area contributed by atoms with Crippen molar-refractivity contribution in [2.24, 2.45) is 5.92 Å². The number of carboxylic acid groups (broad SMARTS) is 1. The molecule has 0 amide bonds. The molecule has 1 aliphatic carbocycles. The van der Waals surface area contributed by atoms with Gasteiger partial charge in [0.2, 0.25) is 0 Å². The maximum absolute atomic E-state index is 14.3. The van der Waals surface area contributed by atoms with Gasteiger partial charge in [-0.3, -0.25) is 0 Å². The van der Waals surface area contributed by atoms with Gasteiger partial charge in [-0.25, -0.2) is 14.2 Å². The van der Waals surface area contributed by atoms with Crippen LogP contribution in [-0.2, 0) is 0 Å². The Balaban J connectivity index is 2.66. The number of alkyl halides is 3. The minimum absolute atomic E-state index is 0.0444. The van der Waals surface area contributed by atoms with Gasteiger partial charge in [0, 0.05) is 11.1 Å². The van der Waals surface area contributed by atoms with Crippen LogP contribution in [0.1, 0.15) is 29.5 Å². The first kappa shape index (κ1) is 19.0. The van der Waals surface area contributed by atoms with Gasteiger partial charge in [0.1, 0.15) is 5.69 Å². The van der Waals surface area contributed by atoms with Gasteiger partial charge in [-0.15, -0.1) is 0 Å². The minimum Gasteiger partial charge on any atom is -0.476 e. The van der Waals surface area contributed by atoms with Gasteiger partial charge in [-0.05, 0) is 12.3 Å². The summed E-state index contributed by atoms with van der Waals surface area (Å²) in [6, 6.07) is 0. The average Bonchev–Trinajstić information content (AvgIpc) is 2.47. The predicted molar refractivity (Wildman–Crippen MR) is 85.6 cm³/mol. The fourth-order valence-electron chi connectivity index (χ4n) is 2.35. The lowest BCUT2D eigenvalue weighted by Gasteiger charge is -2.19. The summed E-state index contributed by atoms with van der Waals surface area (Å²) < 4.78 is 53.6. The summed E-state index contributed by atoms with van der Waals surface area (Å²) in [6.07, 6.45) is 0.184. The number of hydrogen-bond acceptors (Lipinski definition) is 3. The highest BCUT2D eigenvalue weighted by Crippen LogP contribution is 2.36. The molecule has 1 aromatic rings. The Morgan fingerprint density at radius 2 is 2.04 bits per heavy atom. The van der Waals surface area contributed by atoms with Crippen molar-refractivity contribution in [3.05, 3.63) is 52.1 Å². The molecule has 0 spiro atoms. The summed E-state index contributed by atoms with van der Waals surface area (Å²) in [5, 5.41) is 8.50. The highest BCUT2D eigenvalue weighted by Gasteiger charge is 2.36. The molecule has 0 saturated carbocycles. The Hall–Kier alpha value is -2.35. The molecule has 9 heteroatoms. The molecule has 0 fully saturated rings. The maximum atomic E-state index is 14.3. The molecule has 1 atom stereocenters. The second-order valence-electron chi connectivity index (χ2n) is 5.44. The summed E-state index contributed by atoms with van der Waals surface area (Å²) in [7, 11) is 0. The van der Waals surface area contributed by atoms with Gasteiger partial charge < -0.3 is 10.8 Å². The van der Waals surface area contributed by atoms with Crippen molar-refractivity contribution in [1.29, 1.82) is 0 Å². The van der Waals surface area contributed by atoms with Crippen LogP contribution >= 0.6 is 11.6 Å². The van der Waals surface area contributed by atoms with E-state index >= 15 is 0 Å². The lowest BCUT2D eigenvalue weighted by molar-refractivity contribution is -0.0982. The summed E-state index contributed by atoms with van der Waals surface area (Å²) in [6.45, 7) is 1.42. The van der Waals surface area contributed by atoms with E-state index in [0.29, 0.717) is 0 Å². The minimum atomic E-state index is -4.54. The third kappa shape index (κ3) is 3.84. The van der Waals surface area contributed by atoms with Crippen LogP contribution in [0.25, 0.3) is 5.57 Å². The van der Waals surface area contributed by atoms with E-state index in [2.05, 4.69) is 4.98 Å². The van der Waals surface area contributed by atoms with E-state index in [1.165, 1.54) is 19.1 Å². The second-order valence-corrected chi connectivity index (χ2v) is 5.81. The van der Waals surface area contributed by atoms with Crippen molar-refractivity contribution in [3.63, 3.8) is 0 Å². The normalized spacial score (nSPS) is 18.2. The van der Waals surface area contributed by atoms with Crippen LogP contribution in [0.3, 0.4) is 0 Å². The first-order valence-electron chi connectivity index (χ1n) is 7.07. The van der Waals surface area contributed by atoms with Crippen LogP contribution in [0.5, 0.6) is 0 Å². The molecule has 1 aromatic heterocycles. The Morgan fingerprint density at radius 1 is 1.40 bits per heavy atom. The van der Waals surface area contributed by atoms with Gasteiger partial charge in [0.15, 0.2) is 11.5 Å². The Kier molecular flexibility index (Phi) is 5.22. The SMILES string of the molecule is CC1CC=CC(c2nc(C(=O)O)c(Cl)c(N)c2F)=CC=C1C(F)(F)F. The molecule has 134 valence electrons. The van der Waals surface area contributed by atoms with Gasteiger partial charge in [0.25, 0.3) is 0 Å². The number of nitrogen functional groups attached to an aromatic ring is 1. The van der Waals surface area contributed by atoms with Crippen molar-refractivity contribution in [2.45, 2.75) is 19.5 Å².